The van der Waals surface area contributed by atoms with Crippen molar-refractivity contribution < 1.29 is 27.0 Å². The van der Waals surface area contributed by atoms with Crippen LogP contribution in [0.3, 0.4) is 0 Å². The molecule has 2 aliphatic rings. The van der Waals surface area contributed by atoms with Crippen LogP contribution in [0, 0.1) is 11.7 Å². The van der Waals surface area contributed by atoms with E-state index in [9.17, 15) is 17.9 Å². The van der Waals surface area contributed by atoms with E-state index in [2.05, 4.69) is 20.6 Å². The highest BCUT2D eigenvalue weighted by molar-refractivity contribution is 7.88. The molecule has 2 heterocycles. The van der Waals surface area contributed by atoms with Crippen molar-refractivity contribution in [3.8, 4) is 5.75 Å². The number of halogens is 2. The molecular formula is C26H33F2N5O4S. The van der Waals surface area contributed by atoms with Crippen LogP contribution < -0.4 is 10.6 Å². The van der Waals surface area contributed by atoms with Gasteiger partial charge < -0.3 is 20.5 Å². The number of nitrogens with zero attached hydrogens (tertiary/aromatic N) is 3. The molecule has 0 amide bonds. The molecular weight excluding hydrogens is 516 g/mol. The largest absolute Gasteiger partial charge is 0.505 e. The monoisotopic (exact) mass is 549 g/mol. The minimum atomic E-state index is -3.59. The van der Waals surface area contributed by atoms with Gasteiger partial charge >= 0.3 is 0 Å². The van der Waals surface area contributed by atoms with Crippen molar-refractivity contribution in [2.24, 2.45) is 5.92 Å². The molecule has 0 bridgehead atoms. The Hall–Kier alpha value is -2.93. The first-order valence-corrected chi connectivity index (χ1v) is 14.3. The van der Waals surface area contributed by atoms with Crippen molar-refractivity contribution in [1.82, 2.24) is 19.6 Å². The van der Waals surface area contributed by atoms with Gasteiger partial charge in [0.2, 0.25) is 21.8 Å². The van der Waals surface area contributed by atoms with E-state index in [4.69, 9.17) is 4.74 Å². The Kier molecular flexibility index (Phi) is 8.76. The second-order valence-corrected chi connectivity index (χ2v) is 11.4. The maximum absolute atomic E-state index is 15.8. The number of piperidine rings is 1. The lowest BCUT2D eigenvalue weighted by Gasteiger charge is -2.38. The number of hydrogen-bond donors (Lipinski definition) is 3. The predicted octanol–water partition coefficient (Wildman–Crippen LogP) is 2.87. The third-order valence-corrected chi connectivity index (χ3v) is 8.17. The predicted molar refractivity (Wildman–Crippen MR) is 141 cm³/mol. The van der Waals surface area contributed by atoms with Crippen LogP contribution in [0.15, 0.2) is 48.7 Å². The van der Waals surface area contributed by atoms with Gasteiger partial charge in [-0.1, -0.05) is 18.2 Å². The molecule has 1 aromatic heterocycles. The summed E-state index contributed by atoms with van der Waals surface area (Å²) in [5.74, 6) is -3.81. The third-order valence-electron chi connectivity index (χ3n) is 6.87. The van der Waals surface area contributed by atoms with E-state index < -0.39 is 33.4 Å². The highest BCUT2D eigenvalue weighted by atomic mass is 32.2. The molecule has 2 unspecified atom stereocenters. The molecule has 1 aromatic carbocycles. The smallest absolute Gasteiger partial charge is 0.236 e. The normalized spacial score (nSPS) is 22.4. The van der Waals surface area contributed by atoms with Crippen LogP contribution in [0.5, 0.6) is 5.75 Å². The van der Waals surface area contributed by atoms with Crippen molar-refractivity contribution in [1.29, 1.82) is 0 Å². The number of phenols is 1. The van der Waals surface area contributed by atoms with Gasteiger partial charge in [-0.15, -0.1) is 0 Å². The average molecular weight is 550 g/mol. The van der Waals surface area contributed by atoms with Crippen LogP contribution >= 0.6 is 0 Å². The van der Waals surface area contributed by atoms with Crippen LogP contribution in [0.1, 0.15) is 24.1 Å². The van der Waals surface area contributed by atoms with Gasteiger partial charge in [0.15, 0.2) is 11.6 Å². The summed E-state index contributed by atoms with van der Waals surface area (Å²) in [4.78, 5) is 8.75. The highest BCUT2D eigenvalue weighted by Gasteiger charge is 2.42. The fraction of sp³-hybridized carbons (Fsp3) is 0.462. The lowest BCUT2D eigenvalue weighted by Crippen LogP contribution is -2.50. The molecule has 1 aliphatic heterocycles. The molecule has 4 rings (SSSR count). The van der Waals surface area contributed by atoms with Gasteiger partial charge in [-0.25, -0.2) is 27.2 Å². The van der Waals surface area contributed by atoms with Crippen molar-refractivity contribution >= 4 is 21.5 Å². The number of ether oxygens (including phenoxy) is 1. The number of methoxy groups -OCH3 is 1. The molecule has 0 radical (unpaired) electrons. The Bertz CT molecular complexity index is 1300. The molecule has 9 nitrogen and oxygen atoms in total. The second kappa shape index (κ2) is 11.9. The summed E-state index contributed by atoms with van der Waals surface area (Å²) in [6, 6.07) is 5.69. The number of alkyl halides is 1. The van der Waals surface area contributed by atoms with Crippen molar-refractivity contribution in [3.05, 3.63) is 65.8 Å². The van der Waals surface area contributed by atoms with Crippen LogP contribution in [0.4, 0.5) is 14.7 Å². The lowest BCUT2D eigenvalue weighted by molar-refractivity contribution is -0.113. The summed E-state index contributed by atoms with van der Waals surface area (Å²) in [5.41, 5.74) is 1.85. The quantitative estimate of drug-likeness (QED) is 0.414. The van der Waals surface area contributed by atoms with E-state index in [1.54, 1.807) is 30.5 Å². The van der Waals surface area contributed by atoms with Gasteiger partial charge in [-0.3, -0.25) is 0 Å². The zero-order valence-electron chi connectivity index (χ0n) is 21.4. The zero-order chi connectivity index (χ0) is 27.3. The number of sulfonamides is 1. The third kappa shape index (κ3) is 6.73. The van der Waals surface area contributed by atoms with Crippen LogP contribution in [-0.2, 0) is 21.2 Å². The molecule has 1 saturated heterocycles. The fourth-order valence-corrected chi connectivity index (χ4v) is 5.94. The minimum absolute atomic E-state index is 0.0684. The number of anilines is 1. The highest BCUT2D eigenvalue weighted by Crippen LogP contribution is 2.36. The number of aromatic nitrogens is 2. The first-order valence-electron chi connectivity index (χ1n) is 12.5. The molecule has 1 aliphatic carbocycles. The van der Waals surface area contributed by atoms with Gasteiger partial charge in [-0.05, 0) is 67.8 Å². The van der Waals surface area contributed by atoms with E-state index >= 15 is 4.39 Å². The van der Waals surface area contributed by atoms with Gasteiger partial charge in [0.25, 0.3) is 0 Å². The number of rotatable bonds is 10. The van der Waals surface area contributed by atoms with Crippen molar-refractivity contribution in [3.63, 3.8) is 0 Å². The summed E-state index contributed by atoms with van der Waals surface area (Å²) >= 11 is 0. The Labute approximate surface area is 221 Å². The molecule has 38 heavy (non-hydrogen) atoms. The number of aromatic hydroxyl groups is 1. The topological polar surface area (TPSA) is 117 Å². The van der Waals surface area contributed by atoms with E-state index in [0.717, 1.165) is 6.26 Å². The Balaban J connectivity index is 1.51. The van der Waals surface area contributed by atoms with E-state index in [0.29, 0.717) is 61.7 Å². The van der Waals surface area contributed by atoms with Gasteiger partial charge in [0, 0.05) is 32.4 Å². The molecule has 2 aromatic rings. The Morgan fingerprint density at radius 2 is 2.05 bits per heavy atom. The number of allylic oxidation sites excluding steroid dienone is 2. The van der Waals surface area contributed by atoms with Gasteiger partial charge in [0.05, 0.1) is 17.9 Å². The van der Waals surface area contributed by atoms with E-state index in [1.165, 1.54) is 29.6 Å². The number of nitrogens with one attached hydrogen (secondary N) is 2. The van der Waals surface area contributed by atoms with Crippen LogP contribution in [-0.4, -0.2) is 79.2 Å². The summed E-state index contributed by atoms with van der Waals surface area (Å²) in [7, 11) is -2.33. The summed E-state index contributed by atoms with van der Waals surface area (Å²) in [6.45, 7) is 1.75. The van der Waals surface area contributed by atoms with Crippen molar-refractivity contribution in [2.75, 3.05) is 44.9 Å². The van der Waals surface area contributed by atoms with E-state index in [1.807, 2.05) is 0 Å². The Morgan fingerprint density at radius 3 is 2.74 bits per heavy atom. The molecule has 3 N–H and O–H groups in total. The summed E-state index contributed by atoms with van der Waals surface area (Å²) in [6.07, 6.45) is 9.03. The number of hydrogen-bond acceptors (Lipinski definition) is 8. The maximum Gasteiger partial charge on any atom is 0.236 e. The van der Waals surface area contributed by atoms with Gasteiger partial charge in [-0.2, -0.15) is 4.31 Å². The number of benzene rings is 1. The number of phenolic OH excluding ortho intramolecular Hbond substituents is 1. The summed E-state index contributed by atoms with van der Waals surface area (Å²) < 4.78 is 61.3. The molecule has 2 atom stereocenters. The van der Waals surface area contributed by atoms with Crippen LogP contribution in [0.2, 0.25) is 0 Å². The zero-order valence-corrected chi connectivity index (χ0v) is 22.2. The molecule has 0 spiro atoms. The average Bonchev–Trinajstić information content (AvgIpc) is 2.90. The minimum Gasteiger partial charge on any atom is -0.505 e. The van der Waals surface area contributed by atoms with E-state index in [-0.39, 0.29) is 12.6 Å². The van der Waals surface area contributed by atoms with Crippen LogP contribution in [0.25, 0.3) is 5.57 Å². The molecule has 0 saturated carbocycles. The standard InChI is InChI=1S/C26H33F2N5O4S/c1-37-26(28)10-5-19(16-20(26)17-33(38(2,35)36)21-7-11-29-12-8-21)23-9-14-31-25(32-23)30-13-6-18-3-4-24(34)22(27)15-18/h3-5,9-10,14-16,20-21,29,34H,6-8,11-13,17H2,1-2H3,(H,30,31,32). The first kappa shape index (κ1) is 28.1. The lowest BCUT2D eigenvalue weighted by atomic mass is 9.89. The first-order chi connectivity index (χ1) is 18.1. The molecule has 206 valence electrons. The maximum atomic E-state index is 15.8. The van der Waals surface area contributed by atoms with Gasteiger partial charge in [0.1, 0.15) is 0 Å². The van der Waals surface area contributed by atoms with Crippen molar-refractivity contribution in [2.45, 2.75) is 31.2 Å². The SMILES string of the molecule is COC1(F)C=CC(c2ccnc(NCCc3ccc(O)c(F)c3)n2)=CC1CN(C1CCNCC1)S(C)(=O)=O. The fourth-order valence-electron chi connectivity index (χ4n) is 4.75. The summed E-state index contributed by atoms with van der Waals surface area (Å²) in [5, 5.41) is 15.6. The Morgan fingerprint density at radius 1 is 1.29 bits per heavy atom. The second-order valence-electron chi connectivity index (χ2n) is 9.51. The molecule has 12 heteroatoms. The molecule has 1 fully saturated rings.